The summed E-state index contributed by atoms with van der Waals surface area (Å²) >= 11 is 1.25. The standard InChI is InChI=1S/C24H19N5O3S/c1-32-18-11-7-10-17(14-18)28-22(31)19-12-5-6-13-20(19)29-23(28)26-27-24(29)33-15-21(30)25-16-8-3-2-4-9-16/h2-14H,15H2,1H3,(H,25,30). The zero-order valence-electron chi connectivity index (χ0n) is 17.6. The molecule has 0 atom stereocenters. The van der Waals surface area contributed by atoms with Crippen molar-refractivity contribution in [3.05, 3.63) is 89.2 Å². The largest absolute Gasteiger partial charge is 0.497 e. The zero-order chi connectivity index (χ0) is 22.8. The molecule has 1 N–H and O–H groups in total. The second-order valence-electron chi connectivity index (χ2n) is 7.18. The highest BCUT2D eigenvalue weighted by molar-refractivity contribution is 7.99. The van der Waals surface area contributed by atoms with Gasteiger partial charge in [-0.25, -0.2) is 4.57 Å². The Balaban J connectivity index is 1.58. The summed E-state index contributed by atoms with van der Waals surface area (Å²) in [4.78, 5) is 25.9. The van der Waals surface area contributed by atoms with E-state index in [2.05, 4.69) is 15.5 Å². The molecule has 0 radical (unpaired) electrons. The highest BCUT2D eigenvalue weighted by Gasteiger charge is 2.19. The second kappa shape index (κ2) is 8.79. The van der Waals surface area contributed by atoms with E-state index >= 15 is 0 Å². The second-order valence-corrected chi connectivity index (χ2v) is 8.12. The molecular weight excluding hydrogens is 438 g/mol. The zero-order valence-corrected chi connectivity index (χ0v) is 18.5. The number of aromatic nitrogens is 4. The van der Waals surface area contributed by atoms with E-state index in [0.717, 1.165) is 5.69 Å². The van der Waals surface area contributed by atoms with Gasteiger partial charge in [-0.1, -0.05) is 48.2 Å². The van der Waals surface area contributed by atoms with Crippen LogP contribution in [-0.4, -0.2) is 37.9 Å². The quantitative estimate of drug-likeness (QED) is 0.391. The Morgan fingerprint density at radius 1 is 1.00 bits per heavy atom. The van der Waals surface area contributed by atoms with E-state index in [0.29, 0.717) is 33.3 Å². The number of carbonyl (C=O) groups excluding carboxylic acids is 1. The van der Waals surface area contributed by atoms with Crippen molar-refractivity contribution in [2.45, 2.75) is 5.16 Å². The molecule has 0 bridgehead atoms. The van der Waals surface area contributed by atoms with Crippen molar-refractivity contribution in [2.24, 2.45) is 0 Å². The maximum atomic E-state index is 13.4. The van der Waals surface area contributed by atoms with Crippen molar-refractivity contribution in [3.63, 3.8) is 0 Å². The van der Waals surface area contributed by atoms with Gasteiger partial charge < -0.3 is 10.1 Å². The molecule has 5 rings (SSSR count). The number of thioether (sulfide) groups is 1. The molecule has 9 heteroatoms. The summed E-state index contributed by atoms with van der Waals surface area (Å²) in [5, 5.41) is 12.5. The SMILES string of the molecule is COc1cccc(-n2c(=O)c3ccccc3n3c(SCC(=O)Nc4ccccc4)nnc23)c1. The van der Waals surface area contributed by atoms with E-state index in [1.165, 1.54) is 16.3 Å². The van der Waals surface area contributed by atoms with Gasteiger partial charge in [0.15, 0.2) is 5.16 Å². The van der Waals surface area contributed by atoms with Gasteiger partial charge in [0.25, 0.3) is 5.56 Å². The Morgan fingerprint density at radius 3 is 2.61 bits per heavy atom. The number of methoxy groups -OCH3 is 1. The van der Waals surface area contributed by atoms with Gasteiger partial charge in [-0.05, 0) is 36.4 Å². The number of benzene rings is 3. The van der Waals surface area contributed by atoms with Crippen LogP contribution in [-0.2, 0) is 4.79 Å². The third kappa shape index (κ3) is 3.94. The van der Waals surface area contributed by atoms with Crippen molar-refractivity contribution in [2.75, 3.05) is 18.2 Å². The van der Waals surface area contributed by atoms with E-state index in [4.69, 9.17) is 4.74 Å². The lowest BCUT2D eigenvalue weighted by Crippen LogP contribution is -2.22. The minimum Gasteiger partial charge on any atom is -0.497 e. The number of fused-ring (bicyclic) bond motifs is 3. The van der Waals surface area contributed by atoms with Gasteiger partial charge in [0.2, 0.25) is 11.7 Å². The number of para-hydroxylation sites is 2. The molecule has 0 aliphatic heterocycles. The van der Waals surface area contributed by atoms with Crippen LogP contribution in [0.4, 0.5) is 5.69 Å². The van der Waals surface area contributed by atoms with Crippen LogP contribution >= 0.6 is 11.8 Å². The van der Waals surface area contributed by atoms with E-state index < -0.39 is 0 Å². The first kappa shape index (κ1) is 20.8. The summed E-state index contributed by atoms with van der Waals surface area (Å²) in [6.07, 6.45) is 0. The minimum atomic E-state index is -0.211. The van der Waals surface area contributed by atoms with Crippen molar-refractivity contribution in [1.29, 1.82) is 0 Å². The number of carbonyl (C=O) groups is 1. The van der Waals surface area contributed by atoms with Crippen LogP contribution in [0.25, 0.3) is 22.4 Å². The normalized spacial score (nSPS) is 11.1. The lowest BCUT2D eigenvalue weighted by Gasteiger charge is -2.12. The first-order valence-corrected chi connectivity index (χ1v) is 11.2. The third-order valence-electron chi connectivity index (χ3n) is 5.10. The maximum Gasteiger partial charge on any atom is 0.267 e. The molecule has 0 aliphatic carbocycles. The van der Waals surface area contributed by atoms with Crippen LogP contribution in [0.15, 0.2) is 88.8 Å². The maximum absolute atomic E-state index is 13.4. The van der Waals surface area contributed by atoms with Gasteiger partial charge in [-0.2, -0.15) is 0 Å². The van der Waals surface area contributed by atoms with Crippen LogP contribution in [0.5, 0.6) is 5.75 Å². The molecule has 2 heterocycles. The fraction of sp³-hybridized carbons (Fsp3) is 0.0833. The number of nitrogens with one attached hydrogen (secondary N) is 1. The molecule has 0 saturated heterocycles. The number of nitrogens with zero attached hydrogens (tertiary/aromatic N) is 4. The predicted octanol–water partition coefficient (Wildman–Crippen LogP) is 3.77. The molecule has 1 amide bonds. The monoisotopic (exact) mass is 457 g/mol. The summed E-state index contributed by atoms with van der Waals surface area (Å²) in [6.45, 7) is 0. The Labute approximate surface area is 192 Å². The molecule has 8 nitrogen and oxygen atoms in total. The molecule has 5 aromatic rings. The van der Waals surface area contributed by atoms with Gasteiger partial charge in [0, 0.05) is 11.8 Å². The molecule has 0 unspecified atom stereocenters. The van der Waals surface area contributed by atoms with Gasteiger partial charge in [0.05, 0.1) is 29.5 Å². The molecule has 0 aliphatic rings. The first-order valence-electron chi connectivity index (χ1n) is 10.2. The average molecular weight is 458 g/mol. The number of rotatable bonds is 6. The van der Waals surface area contributed by atoms with Gasteiger partial charge in [-0.3, -0.25) is 14.0 Å². The molecule has 3 aromatic carbocycles. The van der Waals surface area contributed by atoms with Crippen LogP contribution in [0.2, 0.25) is 0 Å². The van der Waals surface area contributed by atoms with E-state index in [9.17, 15) is 9.59 Å². The topological polar surface area (TPSA) is 90.5 Å². The summed E-state index contributed by atoms with van der Waals surface area (Å²) in [6, 6.07) is 23.8. The minimum absolute atomic E-state index is 0.141. The van der Waals surface area contributed by atoms with Gasteiger partial charge in [0.1, 0.15) is 5.75 Å². The highest BCUT2D eigenvalue weighted by Crippen LogP contribution is 2.24. The first-order chi connectivity index (χ1) is 16.2. The number of hydrogen-bond acceptors (Lipinski definition) is 6. The van der Waals surface area contributed by atoms with Crippen LogP contribution in [0.3, 0.4) is 0 Å². The fourth-order valence-electron chi connectivity index (χ4n) is 3.60. The van der Waals surface area contributed by atoms with E-state index in [1.54, 1.807) is 23.6 Å². The van der Waals surface area contributed by atoms with Crippen molar-refractivity contribution in [1.82, 2.24) is 19.2 Å². The number of anilines is 1. The van der Waals surface area contributed by atoms with Crippen molar-refractivity contribution < 1.29 is 9.53 Å². The van der Waals surface area contributed by atoms with E-state index in [1.807, 2.05) is 66.7 Å². The molecule has 2 aromatic heterocycles. The molecule has 33 heavy (non-hydrogen) atoms. The fourth-order valence-corrected chi connectivity index (χ4v) is 4.34. The third-order valence-corrected chi connectivity index (χ3v) is 6.03. The number of hydrogen-bond donors (Lipinski definition) is 1. The molecular formula is C24H19N5O3S. The molecule has 0 saturated carbocycles. The molecule has 164 valence electrons. The summed E-state index contributed by atoms with van der Waals surface area (Å²) in [5.74, 6) is 0.964. The summed E-state index contributed by atoms with van der Waals surface area (Å²) in [5.41, 5.74) is 1.80. The number of amides is 1. The predicted molar refractivity (Wildman–Crippen MR) is 128 cm³/mol. The Kier molecular flexibility index (Phi) is 5.54. The summed E-state index contributed by atoms with van der Waals surface area (Å²) < 4.78 is 8.64. The highest BCUT2D eigenvalue weighted by atomic mass is 32.2. The van der Waals surface area contributed by atoms with Gasteiger partial charge >= 0.3 is 0 Å². The van der Waals surface area contributed by atoms with Crippen LogP contribution in [0.1, 0.15) is 0 Å². The Hall–Kier alpha value is -4.11. The Morgan fingerprint density at radius 2 is 1.79 bits per heavy atom. The van der Waals surface area contributed by atoms with Crippen LogP contribution in [0, 0.1) is 0 Å². The van der Waals surface area contributed by atoms with Gasteiger partial charge in [-0.15, -0.1) is 10.2 Å². The number of ether oxygens (including phenoxy) is 1. The van der Waals surface area contributed by atoms with Crippen molar-refractivity contribution >= 4 is 40.0 Å². The lowest BCUT2D eigenvalue weighted by atomic mass is 10.2. The summed E-state index contributed by atoms with van der Waals surface area (Å²) in [7, 11) is 1.57. The molecule has 0 fully saturated rings. The molecule has 0 spiro atoms. The van der Waals surface area contributed by atoms with Crippen LogP contribution < -0.4 is 15.6 Å². The lowest BCUT2D eigenvalue weighted by molar-refractivity contribution is -0.113. The van der Waals surface area contributed by atoms with E-state index in [-0.39, 0.29) is 17.2 Å². The average Bonchev–Trinajstić information content (AvgIpc) is 3.27. The van der Waals surface area contributed by atoms with Crippen molar-refractivity contribution in [3.8, 4) is 11.4 Å². The smallest absolute Gasteiger partial charge is 0.267 e. The Bertz CT molecular complexity index is 1530.